The van der Waals surface area contributed by atoms with E-state index in [2.05, 4.69) is 0 Å². The van der Waals surface area contributed by atoms with Gasteiger partial charge in [-0.15, -0.1) is 0 Å². The smallest absolute Gasteiger partial charge is 0.244 e. The lowest BCUT2D eigenvalue weighted by Gasteiger charge is -2.34. The highest BCUT2D eigenvalue weighted by molar-refractivity contribution is 7.89. The van der Waals surface area contributed by atoms with Crippen LogP contribution in [0.3, 0.4) is 0 Å². The molecule has 1 fully saturated rings. The average molecular weight is 307 g/mol. The maximum absolute atomic E-state index is 12.8. The summed E-state index contributed by atoms with van der Waals surface area (Å²) in [7, 11) is -3.64. The molecule has 5 nitrogen and oxygen atoms in total. The standard InChI is InChI=1S/C15H21N3O2S/c1-11-5-3-7-15(14(11)9-16)21(19,20)18-8-4-6-13(10-18)12(2)17/h3,5,7,12-13H,4,6,8,10,17H2,1-2H3. The molecule has 0 amide bonds. The van der Waals surface area contributed by atoms with E-state index in [-0.39, 0.29) is 22.4 Å². The molecule has 1 aromatic carbocycles. The molecular weight excluding hydrogens is 286 g/mol. The Kier molecular flexibility index (Phi) is 4.67. The molecule has 1 aromatic rings. The largest absolute Gasteiger partial charge is 0.328 e. The number of aryl methyl sites for hydroxylation is 1. The van der Waals surface area contributed by atoms with Crippen molar-refractivity contribution in [3.8, 4) is 6.07 Å². The van der Waals surface area contributed by atoms with Crippen molar-refractivity contribution >= 4 is 10.0 Å². The lowest BCUT2D eigenvalue weighted by Crippen LogP contribution is -2.45. The highest BCUT2D eigenvalue weighted by atomic mass is 32.2. The molecule has 0 bridgehead atoms. The van der Waals surface area contributed by atoms with Gasteiger partial charge in [-0.05, 0) is 44.2 Å². The van der Waals surface area contributed by atoms with E-state index in [4.69, 9.17) is 5.73 Å². The summed E-state index contributed by atoms with van der Waals surface area (Å²) in [6, 6.07) is 6.92. The van der Waals surface area contributed by atoms with Gasteiger partial charge in [0.2, 0.25) is 10.0 Å². The minimum Gasteiger partial charge on any atom is -0.328 e. The first-order valence-corrected chi connectivity index (χ1v) is 8.57. The molecule has 1 heterocycles. The molecule has 0 saturated carbocycles. The summed E-state index contributed by atoms with van der Waals surface area (Å²) in [5.74, 6) is 0.170. The number of sulfonamides is 1. The first-order valence-electron chi connectivity index (χ1n) is 7.13. The van der Waals surface area contributed by atoms with Gasteiger partial charge in [0.05, 0.1) is 5.56 Å². The van der Waals surface area contributed by atoms with E-state index in [1.54, 1.807) is 19.1 Å². The zero-order chi connectivity index (χ0) is 15.6. The Morgan fingerprint density at radius 2 is 2.19 bits per heavy atom. The Hall–Kier alpha value is -1.42. The highest BCUT2D eigenvalue weighted by Gasteiger charge is 2.33. The van der Waals surface area contributed by atoms with E-state index in [9.17, 15) is 13.7 Å². The van der Waals surface area contributed by atoms with Crippen molar-refractivity contribution in [2.75, 3.05) is 13.1 Å². The third kappa shape index (κ3) is 3.10. The van der Waals surface area contributed by atoms with Gasteiger partial charge in [0.25, 0.3) is 0 Å². The fraction of sp³-hybridized carbons (Fsp3) is 0.533. The SMILES string of the molecule is Cc1cccc(S(=O)(=O)N2CCCC(C(C)N)C2)c1C#N. The molecule has 0 radical (unpaired) electrons. The molecule has 114 valence electrons. The van der Waals surface area contributed by atoms with Crippen LogP contribution in [0.25, 0.3) is 0 Å². The summed E-state index contributed by atoms with van der Waals surface area (Å²) in [4.78, 5) is 0.107. The van der Waals surface area contributed by atoms with Gasteiger partial charge in [0.1, 0.15) is 11.0 Å². The summed E-state index contributed by atoms with van der Waals surface area (Å²) in [6.45, 7) is 4.58. The molecule has 0 aromatic heterocycles. The van der Waals surface area contributed by atoms with Crippen molar-refractivity contribution in [3.05, 3.63) is 29.3 Å². The third-order valence-electron chi connectivity index (χ3n) is 4.13. The number of hydrogen-bond acceptors (Lipinski definition) is 4. The molecule has 1 aliphatic rings. The number of benzene rings is 1. The van der Waals surface area contributed by atoms with Gasteiger partial charge >= 0.3 is 0 Å². The maximum Gasteiger partial charge on any atom is 0.244 e. The number of nitriles is 1. The molecule has 1 aliphatic heterocycles. The predicted molar refractivity (Wildman–Crippen MR) is 81.0 cm³/mol. The van der Waals surface area contributed by atoms with Crippen LogP contribution in [0.2, 0.25) is 0 Å². The molecule has 1 saturated heterocycles. The lowest BCUT2D eigenvalue weighted by atomic mass is 9.93. The van der Waals surface area contributed by atoms with E-state index < -0.39 is 10.0 Å². The molecule has 2 atom stereocenters. The molecule has 2 N–H and O–H groups in total. The quantitative estimate of drug-likeness (QED) is 0.919. The Labute approximate surface area is 126 Å². The van der Waals surface area contributed by atoms with E-state index in [0.29, 0.717) is 18.7 Å². The van der Waals surface area contributed by atoms with Gasteiger partial charge < -0.3 is 5.73 Å². The number of nitrogens with zero attached hydrogens (tertiary/aromatic N) is 2. The van der Waals surface area contributed by atoms with Crippen LogP contribution in [0.4, 0.5) is 0 Å². The van der Waals surface area contributed by atoms with E-state index in [1.807, 2.05) is 13.0 Å². The van der Waals surface area contributed by atoms with Crippen LogP contribution in [-0.2, 0) is 10.0 Å². The molecule has 0 spiro atoms. The number of rotatable bonds is 3. The molecular formula is C15H21N3O2S. The van der Waals surface area contributed by atoms with Crippen LogP contribution in [0.5, 0.6) is 0 Å². The second-order valence-corrected chi connectivity index (χ2v) is 7.59. The Balaban J connectivity index is 2.39. The lowest BCUT2D eigenvalue weighted by molar-refractivity contribution is 0.243. The van der Waals surface area contributed by atoms with E-state index in [0.717, 1.165) is 12.8 Å². The summed E-state index contributed by atoms with van der Waals surface area (Å²) >= 11 is 0. The number of piperidine rings is 1. The van der Waals surface area contributed by atoms with Gasteiger partial charge in [0.15, 0.2) is 0 Å². The summed E-state index contributed by atoms with van der Waals surface area (Å²) in [5, 5.41) is 9.25. The first-order chi connectivity index (χ1) is 9.87. The molecule has 21 heavy (non-hydrogen) atoms. The third-order valence-corrected chi connectivity index (χ3v) is 6.04. The first kappa shape index (κ1) is 16.0. The minimum atomic E-state index is -3.64. The second-order valence-electron chi connectivity index (χ2n) is 5.68. The monoisotopic (exact) mass is 307 g/mol. The zero-order valence-electron chi connectivity index (χ0n) is 12.4. The summed E-state index contributed by atoms with van der Waals surface area (Å²) < 4.78 is 27.1. The molecule has 0 aliphatic carbocycles. The second kappa shape index (κ2) is 6.14. The van der Waals surface area contributed by atoms with Crippen LogP contribution >= 0.6 is 0 Å². The van der Waals surface area contributed by atoms with Gasteiger partial charge in [-0.25, -0.2) is 8.42 Å². The predicted octanol–water partition coefficient (Wildman–Crippen LogP) is 1.61. The van der Waals surface area contributed by atoms with Crippen molar-refractivity contribution in [2.24, 2.45) is 11.7 Å². The van der Waals surface area contributed by atoms with Crippen molar-refractivity contribution < 1.29 is 8.42 Å². The van der Waals surface area contributed by atoms with Crippen LogP contribution in [0, 0.1) is 24.2 Å². The zero-order valence-corrected chi connectivity index (χ0v) is 13.2. The molecule has 2 rings (SSSR count). The van der Waals surface area contributed by atoms with Crippen molar-refractivity contribution in [2.45, 2.75) is 37.6 Å². The Morgan fingerprint density at radius 1 is 1.48 bits per heavy atom. The average Bonchev–Trinajstić information content (AvgIpc) is 2.47. The van der Waals surface area contributed by atoms with Crippen LogP contribution in [0.1, 0.15) is 30.9 Å². The van der Waals surface area contributed by atoms with Crippen LogP contribution < -0.4 is 5.73 Å². The van der Waals surface area contributed by atoms with Gasteiger partial charge in [0, 0.05) is 19.1 Å². The number of nitrogens with two attached hydrogens (primary N) is 1. The molecule has 6 heteroatoms. The maximum atomic E-state index is 12.8. The number of hydrogen-bond donors (Lipinski definition) is 1. The summed E-state index contributed by atoms with van der Waals surface area (Å²) in [5.41, 5.74) is 6.83. The van der Waals surface area contributed by atoms with Gasteiger partial charge in [-0.2, -0.15) is 9.57 Å². The highest BCUT2D eigenvalue weighted by Crippen LogP contribution is 2.27. The van der Waals surface area contributed by atoms with Gasteiger partial charge in [-0.1, -0.05) is 12.1 Å². The van der Waals surface area contributed by atoms with Crippen molar-refractivity contribution in [1.29, 1.82) is 5.26 Å². The van der Waals surface area contributed by atoms with Crippen LogP contribution in [-0.4, -0.2) is 31.9 Å². The van der Waals surface area contributed by atoms with Gasteiger partial charge in [-0.3, -0.25) is 0 Å². The topological polar surface area (TPSA) is 87.2 Å². The van der Waals surface area contributed by atoms with E-state index >= 15 is 0 Å². The van der Waals surface area contributed by atoms with Crippen LogP contribution in [0.15, 0.2) is 23.1 Å². The van der Waals surface area contributed by atoms with Crippen molar-refractivity contribution in [3.63, 3.8) is 0 Å². The van der Waals surface area contributed by atoms with E-state index in [1.165, 1.54) is 10.4 Å². The fourth-order valence-corrected chi connectivity index (χ4v) is 4.51. The minimum absolute atomic E-state index is 0.0315. The normalized spacial score (nSPS) is 21.7. The Morgan fingerprint density at radius 3 is 2.81 bits per heavy atom. The summed E-state index contributed by atoms with van der Waals surface area (Å²) in [6.07, 6.45) is 1.75. The molecule has 2 unspecified atom stereocenters. The Bertz CT molecular complexity index is 662. The fourth-order valence-electron chi connectivity index (χ4n) is 2.76. The van der Waals surface area contributed by atoms with Crippen molar-refractivity contribution in [1.82, 2.24) is 4.31 Å².